The van der Waals surface area contributed by atoms with E-state index >= 15 is 0 Å². The molecule has 0 bridgehead atoms. The van der Waals surface area contributed by atoms with Crippen LogP contribution in [-0.4, -0.2) is 13.3 Å². The van der Waals surface area contributed by atoms with E-state index in [4.69, 9.17) is 4.74 Å². The summed E-state index contributed by atoms with van der Waals surface area (Å²) in [5.74, 6) is 0.887. The minimum atomic E-state index is 0.208. The molecule has 0 aliphatic carbocycles. The molecule has 19 heavy (non-hydrogen) atoms. The summed E-state index contributed by atoms with van der Waals surface area (Å²) in [7, 11) is 1.68. The lowest BCUT2D eigenvalue weighted by atomic mass is 10.1. The molecule has 0 amide bonds. The summed E-state index contributed by atoms with van der Waals surface area (Å²) in [6.07, 6.45) is 2.83. The number of hydrogen-bond donors (Lipinski definition) is 0. The van der Waals surface area contributed by atoms with Crippen molar-refractivity contribution in [3.8, 4) is 5.75 Å². The van der Waals surface area contributed by atoms with Crippen LogP contribution in [0.25, 0.3) is 0 Å². The highest BCUT2D eigenvalue weighted by molar-refractivity contribution is 5.62. The van der Waals surface area contributed by atoms with Crippen LogP contribution in [-0.2, 0) is 6.42 Å². The van der Waals surface area contributed by atoms with Crippen molar-refractivity contribution in [3.63, 3.8) is 0 Å². The van der Waals surface area contributed by atoms with E-state index in [9.17, 15) is 0 Å². The molecule has 0 aliphatic heterocycles. The van der Waals surface area contributed by atoms with Crippen molar-refractivity contribution in [2.75, 3.05) is 7.11 Å². The van der Waals surface area contributed by atoms with Crippen LogP contribution in [0.3, 0.4) is 0 Å². The number of aliphatic imine (C=N–C) groups is 1. The fourth-order valence-corrected chi connectivity index (χ4v) is 1.90. The molecule has 2 rings (SSSR count). The highest BCUT2D eigenvalue weighted by Gasteiger charge is 2.00. The monoisotopic (exact) mass is 253 g/mol. The second kappa shape index (κ2) is 6.74. The fraction of sp³-hybridized carbons (Fsp3) is 0.235. The van der Waals surface area contributed by atoms with Gasteiger partial charge in [0.1, 0.15) is 5.75 Å². The van der Waals surface area contributed by atoms with Crippen LogP contribution in [0.2, 0.25) is 0 Å². The van der Waals surface area contributed by atoms with E-state index in [-0.39, 0.29) is 6.04 Å². The Labute approximate surface area is 114 Å². The van der Waals surface area contributed by atoms with Gasteiger partial charge in [0.25, 0.3) is 0 Å². The molecule has 0 aromatic heterocycles. The zero-order valence-corrected chi connectivity index (χ0v) is 11.4. The maximum atomic E-state index is 5.14. The number of hydrogen-bond acceptors (Lipinski definition) is 2. The van der Waals surface area contributed by atoms with E-state index in [2.05, 4.69) is 36.2 Å². The first-order valence-corrected chi connectivity index (χ1v) is 6.49. The number of rotatable bonds is 5. The van der Waals surface area contributed by atoms with Crippen LogP contribution in [0, 0.1) is 0 Å². The quantitative estimate of drug-likeness (QED) is 0.736. The van der Waals surface area contributed by atoms with Gasteiger partial charge in [0, 0.05) is 12.6 Å². The standard InChI is InChI=1S/C17H19NO/c1-14(16-6-4-3-5-7-16)18-13-12-15-8-10-17(19-2)11-9-15/h3-11,13-14H,12H2,1-2H3. The van der Waals surface area contributed by atoms with Crippen molar-refractivity contribution >= 4 is 6.21 Å². The molecule has 2 aromatic carbocycles. The highest BCUT2D eigenvalue weighted by atomic mass is 16.5. The molecule has 0 spiro atoms. The third-order valence-corrected chi connectivity index (χ3v) is 3.10. The topological polar surface area (TPSA) is 21.6 Å². The molecular weight excluding hydrogens is 234 g/mol. The average Bonchev–Trinajstić information content (AvgIpc) is 2.49. The molecule has 2 heteroatoms. The van der Waals surface area contributed by atoms with Crippen LogP contribution in [0.4, 0.5) is 0 Å². The summed E-state index contributed by atoms with van der Waals surface area (Å²) < 4.78 is 5.14. The smallest absolute Gasteiger partial charge is 0.118 e. The molecule has 0 saturated carbocycles. The van der Waals surface area contributed by atoms with Crippen LogP contribution in [0.1, 0.15) is 24.1 Å². The number of benzene rings is 2. The first-order valence-electron chi connectivity index (χ1n) is 6.49. The van der Waals surface area contributed by atoms with Crippen molar-refractivity contribution in [1.82, 2.24) is 0 Å². The van der Waals surface area contributed by atoms with Crippen molar-refractivity contribution < 1.29 is 4.74 Å². The summed E-state index contributed by atoms with van der Waals surface area (Å²) in [4.78, 5) is 4.58. The second-order valence-electron chi connectivity index (χ2n) is 4.47. The van der Waals surface area contributed by atoms with Gasteiger partial charge in [-0.2, -0.15) is 0 Å². The zero-order chi connectivity index (χ0) is 13.5. The van der Waals surface area contributed by atoms with Gasteiger partial charge in [-0.1, -0.05) is 42.5 Å². The molecule has 98 valence electrons. The molecule has 0 fully saturated rings. The second-order valence-corrected chi connectivity index (χ2v) is 4.47. The fourth-order valence-electron chi connectivity index (χ4n) is 1.90. The Morgan fingerprint density at radius 2 is 1.74 bits per heavy atom. The van der Waals surface area contributed by atoms with E-state index in [1.54, 1.807) is 7.11 Å². The summed E-state index contributed by atoms with van der Waals surface area (Å²) in [6, 6.07) is 18.6. The molecule has 0 heterocycles. The molecule has 2 aromatic rings. The van der Waals surface area contributed by atoms with Gasteiger partial charge in [0.2, 0.25) is 0 Å². The van der Waals surface area contributed by atoms with Crippen molar-refractivity contribution in [2.45, 2.75) is 19.4 Å². The number of methoxy groups -OCH3 is 1. The zero-order valence-electron chi connectivity index (χ0n) is 11.4. The van der Waals surface area contributed by atoms with Crippen LogP contribution >= 0.6 is 0 Å². The Morgan fingerprint density at radius 3 is 2.37 bits per heavy atom. The predicted molar refractivity (Wildman–Crippen MR) is 80.0 cm³/mol. The minimum absolute atomic E-state index is 0.208. The lowest BCUT2D eigenvalue weighted by Gasteiger charge is -2.06. The Balaban J connectivity index is 1.92. The maximum Gasteiger partial charge on any atom is 0.118 e. The third kappa shape index (κ3) is 3.95. The minimum Gasteiger partial charge on any atom is -0.497 e. The van der Waals surface area contributed by atoms with E-state index in [1.165, 1.54) is 11.1 Å². The molecule has 0 saturated heterocycles. The molecule has 1 atom stereocenters. The summed E-state index contributed by atoms with van der Waals surface area (Å²) >= 11 is 0. The molecule has 1 unspecified atom stereocenters. The third-order valence-electron chi connectivity index (χ3n) is 3.10. The molecule has 0 aliphatic rings. The van der Waals surface area contributed by atoms with Gasteiger partial charge in [-0.25, -0.2) is 0 Å². The van der Waals surface area contributed by atoms with Gasteiger partial charge >= 0.3 is 0 Å². The first-order chi connectivity index (χ1) is 9.29. The average molecular weight is 253 g/mol. The van der Waals surface area contributed by atoms with Gasteiger partial charge in [0.05, 0.1) is 13.2 Å². The molecular formula is C17H19NO. The van der Waals surface area contributed by atoms with Crippen LogP contribution in [0.5, 0.6) is 5.75 Å². The largest absolute Gasteiger partial charge is 0.497 e. The molecule has 2 nitrogen and oxygen atoms in total. The molecule has 0 radical (unpaired) electrons. The summed E-state index contributed by atoms with van der Waals surface area (Å²) in [5.41, 5.74) is 2.48. The Hall–Kier alpha value is -2.09. The SMILES string of the molecule is COc1ccc(CC=NC(C)c2ccccc2)cc1. The highest BCUT2D eigenvalue weighted by Crippen LogP contribution is 2.15. The summed E-state index contributed by atoms with van der Waals surface area (Å²) in [5, 5.41) is 0. The van der Waals surface area contributed by atoms with Crippen molar-refractivity contribution in [1.29, 1.82) is 0 Å². The Morgan fingerprint density at radius 1 is 1.05 bits per heavy atom. The maximum absolute atomic E-state index is 5.14. The van der Waals surface area contributed by atoms with E-state index < -0.39 is 0 Å². The van der Waals surface area contributed by atoms with E-state index in [0.29, 0.717) is 0 Å². The van der Waals surface area contributed by atoms with Gasteiger partial charge in [-0.05, 0) is 30.2 Å². The lowest BCUT2D eigenvalue weighted by Crippen LogP contribution is -1.92. The van der Waals surface area contributed by atoms with E-state index in [1.807, 2.05) is 36.5 Å². The first kappa shape index (κ1) is 13.3. The van der Waals surface area contributed by atoms with Crippen LogP contribution < -0.4 is 4.74 Å². The summed E-state index contributed by atoms with van der Waals surface area (Å²) in [6.45, 7) is 2.11. The Kier molecular flexibility index (Phi) is 4.73. The lowest BCUT2D eigenvalue weighted by molar-refractivity contribution is 0.414. The van der Waals surface area contributed by atoms with E-state index in [0.717, 1.165) is 12.2 Å². The van der Waals surface area contributed by atoms with Gasteiger partial charge in [-0.15, -0.1) is 0 Å². The van der Waals surface area contributed by atoms with Crippen molar-refractivity contribution in [3.05, 3.63) is 65.7 Å². The van der Waals surface area contributed by atoms with Crippen molar-refractivity contribution in [2.24, 2.45) is 4.99 Å². The molecule has 0 N–H and O–H groups in total. The van der Waals surface area contributed by atoms with Crippen LogP contribution in [0.15, 0.2) is 59.6 Å². The number of nitrogens with zero attached hydrogens (tertiary/aromatic N) is 1. The normalized spacial score (nSPS) is 12.5. The Bertz CT molecular complexity index is 517. The van der Waals surface area contributed by atoms with Gasteiger partial charge in [-0.3, -0.25) is 4.99 Å². The van der Waals surface area contributed by atoms with Gasteiger partial charge < -0.3 is 4.74 Å². The van der Waals surface area contributed by atoms with Gasteiger partial charge in [0.15, 0.2) is 0 Å². The predicted octanol–water partition coefficient (Wildman–Crippen LogP) is 4.07. The number of ether oxygens (including phenoxy) is 1.